The Morgan fingerprint density at radius 2 is 1.93 bits per heavy atom. The number of amides is 1. The number of nitro groups is 1. The largest absolute Gasteiger partial charge is 0.484 e. The Morgan fingerprint density at radius 1 is 1.18 bits per heavy atom. The number of hydrogen-bond acceptors (Lipinski definition) is 5. The first-order valence-corrected chi connectivity index (χ1v) is 8.81. The third-order valence-corrected chi connectivity index (χ3v) is 4.61. The fourth-order valence-electron chi connectivity index (χ4n) is 2.39. The van der Waals surface area contributed by atoms with Gasteiger partial charge in [0, 0.05) is 18.2 Å². The first-order chi connectivity index (χ1) is 13.4. The monoisotopic (exact) mass is 420 g/mol. The molecule has 2 aromatic carbocycles. The zero-order valence-electron chi connectivity index (χ0n) is 14.3. The molecule has 0 unspecified atom stereocenters. The molecule has 28 heavy (non-hydrogen) atoms. The van der Waals surface area contributed by atoms with Gasteiger partial charge in [0.05, 0.1) is 27.7 Å². The van der Waals surface area contributed by atoms with Crippen LogP contribution in [0, 0.1) is 10.1 Å². The highest BCUT2D eigenvalue weighted by atomic mass is 35.5. The standard InChI is InChI=1S/C18H14Cl2N4O4/c19-15-3-1-2-12(18(15)20)10-23-16(8-9-21-23)22-17(25)11-28-14-6-4-13(5-7-14)24(26)27/h1-9H,10-11H2,(H,22,25). The molecule has 0 bridgehead atoms. The second-order valence-corrected chi connectivity index (χ2v) is 6.46. The summed E-state index contributed by atoms with van der Waals surface area (Å²) in [5.41, 5.74) is 0.705. The van der Waals surface area contributed by atoms with Crippen LogP contribution in [-0.2, 0) is 11.3 Å². The van der Waals surface area contributed by atoms with Crippen LogP contribution >= 0.6 is 23.2 Å². The highest BCUT2D eigenvalue weighted by Crippen LogP contribution is 2.26. The summed E-state index contributed by atoms with van der Waals surface area (Å²) in [6.45, 7) is 0.0616. The van der Waals surface area contributed by atoms with Crippen LogP contribution in [0.4, 0.5) is 11.5 Å². The number of benzene rings is 2. The fraction of sp³-hybridized carbons (Fsp3) is 0.111. The van der Waals surface area contributed by atoms with Crippen molar-refractivity contribution in [2.75, 3.05) is 11.9 Å². The predicted octanol–water partition coefficient (Wildman–Crippen LogP) is 4.16. The van der Waals surface area contributed by atoms with Crippen molar-refractivity contribution in [1.82, 2.24) is 9.78 Å². The maximum absolute atomic E-state index is 12.2. The lowest BCUT2D eigenvalue weighted by Gasteiger charge is -2.11. The van der Waals surface area contributed by atoms with Crippen molar-refractivity contribution in [1.29, 1.82) is 0 Å². The summed E-state index contributed by atoms with van der Waals surface area (Å²) in [7, 11) is 0. The number of carbonyl (C=O) groups is 1. The Kier molecular flexibility index (Phi) is 6.13. The lowest BCUT2D eigenvalue weighted by atomic mass is 10.2. The molecule has 0 aliphatic carbocycles. The lowest BCUT2D eigenvalue weighted by molar-refractivity contribution is -0.384. The molecule has 3 rings (SSSR count). The van der Waals surface area contributed by atoms with Crippen molar-refractivity contribution in [3.8, 4) is 5.75 Å². The molecule has 0 saturated carbocycles. The maximum atomic E-state index is 12.2. The number of anilines is 1. The molecule has 0 aliphatic heterocycles. The van der Waals surface area contributed by atoms with E-state index in [-0.39, 0.29) is 12.3 Å². The Labute approximate surface area is 169 Å². The van der Waals surface area contributed by atoms with E-state index in [1.807, 2.05) is 6.07 Å². The average molecular weight is 421 g/mol. The van der Waals surface area contributed by atoms with Crippen LogP contribution < -0.4 is 10.1 Å². The van der Waals surface area contributed by atoms with Gasteiger partial charge in [-0.1, -0.05) is 35.3 Å². The molecule has 0 fully saturated rings. The molecule has 10 heteroatoms. The zero-order valence-corrected chi connectivity index (χ0v) is 15.9. The Bertz CT molecular complexity index is 1010. The van der Waals surface area contributed by atoms with Crippen LogP contribution in [0.3, 0.4) is 0 Å². The number of aromatic nitrogens is 2. The van der Waals surface area contributed by atoms with E-state index in [2.05, 4.69) is 10.4 Å². The van der Waals surface area contributed by atoms with Gasteiger partial charge >= 0.3 is 0 Å². The molecule has 144 valence electrons. The molecular weight excluding hydrogens is 407 g/mol. The number of non-ortho nitro benzene ring substituents is 1. The molecule has 0 atom stereocenters. The molecule has 3 aromatic rings. The number of rotatable bonds is 7. The van der Waals surface area contributed by atoms with Gasteiger partial charge in [0.1, 0.15) is 11.6 Å². The predicted molar refractivity (Wildman–Crippen MR) is 105 cm³/mol. The Hall–Kier alpha value is -3.10. The van der Waals surface area contributed by atoms with E-state index in [9.17, 15) is 14.9 Å². The smallest absolute Gasteiger partial charge is 0.269 e. The summed E-state index contributed by atoms with van der Waals surface area (Å²) in [5.74, 6) is 0.408. The molecule has 0 spiro atoms. The van der Waals surface area contributed by atoms with Gasteiger partial charge in [0.25, 0.3) is 11.6 Å². The number of hydrogen-bond donors (Lipinski definition) is 1. The van der Waals surface area contributed by atoms with Gasteiger partial charge in [0.15, 0.2) is 6.61 Å². The fourth-order valence-corrected chi connectivity index (χ4v) is 2.77. The first kappa shape index (κ1) is 19.7. The number of nitrogens with zero attached hydrogens (tertiary/aromatic N) is 3. The van der Waals surface area contributed by atoms with Gasteiger partial charge in [0.2, 0.25) is 0 Å². The molecule has 1 aromatic heterocycles. The van der Waals surface area contributed by atoms with Crippen LogP contribution in [0.15, 0.2) is 54.7 Å². The summed E-state index contributed by atoms with van der Waals surface area (Å²) in [5, 5.41) is 18.4. The highest BCUT2D eigenvalue weighted by molar-refractivity contribution is 6.42. The summed E-state index contributed by atoms with van der Waals surface area (Å²) in [6, 6.07) is 12.4. The summed E-state index contributed by atoms with van der Waals surface area (Å²) in [6.07, 6.45) is 1.55. The van der Waals surface area contributed by atoms with E-state index < -0.39 is 10.8 Å². The number of carbonyl (C=O) groups excluding carboxylic acids is 1. The number of halogens is 2. The van der Waals surface area contributed by atoms with E-state index in [1.54, 1.807) is 29.1 Å². The van der Waals surface area contributed by atoms with Crippen molar-refractivity contribution in [2.24, 2.45) is 0 Å². The summed E-state index contributed by atoms with van der Waals surface area (Å²) in [4.78, 5) is 22.3. The van der Waals surface area contributed by atoms with Crippen molar-refractivity contribution < 1.29 is 14.5 Å². The third kappa shape index (κ3) is 4.79. The maximum Gasteiger partial charge on any atom is 0.269 e. The van der Waals surface area contributed by atoms with Crippen LogP contribution in [-0.4, -0.2) is 27.2 Å². The van der Waals surface area contributed by atoms with Gasteiger partial charge in [-0.25, -0.2) is 4.68 Å². The van der Waals surface area contributed by atoms with E-state index in [0.29, 0.717) is 28.2 Å². The SMILES string of the molecule is O=C(COc1ccc([N+](=O)[O-])cc1)Nc1ccnn1Cc1cccc(Cl)c1Cl. The van der Waals surface area contributed by atoms with E-state index in [0.717, 1.165) is 5.56 Å². The number of nitrogens with one attached hydrogen (secondary N) is 1. The van der Waals surface area contributed by atoms with Gasteiger partial charge in [-0.3, -0.25) is 14.9 Å². The van der Waals surface area contributed by atoms with Crippen LogP contribution in [0.5, 0.6) is 5.75 Å². The Morgan fingerprint density at radius 3 is 2.64 bits per heavy atom. The van der Waals surface area contributed by atoms with E-state index in [1.165, 1.54) is 24.3 Å². The molecule has 1 N–H and O–H groups in total. The minimum Gasteiger partial charge on any atom is -0.484 e. The van der Waals surface area contributed by atoms with Crippen LogP contribution in [0.25, 0.3) is 0 Å². The van der Waals surface area contributed by atoms with Crippen molar-refractivity contribution in [3.05, 3.63) is 80.5 Å². The highest BCUT2D eigenvalue weighted by Gasteiger charge is 2.12. The van der Waals surface area contributed by atoms with Crippen LogP contribution in [0.2, 0.25) is 10.0 Å². The molecule has 1 heterocycles. The third-order valence-electron chi connectivity index (χ3n) is 3.75. The van der Waals surface area contributed by atoms with Gasteiger partial charge < -0.3 is 10.1 Å². The Balaban J connectivity index is 1.60. The van der Waals surface area contributed by atoms with Crippen molar-refractivity contribution >= 4 is 40.6 Å². The van der Waals surface area contributed by atoms with Gasteiger partial charge in [-0.05, 0) is 23.8 Å². The molecule has 0 radical (unpaired) electrons. The molecule has 1 amide bonds. The van der Waals surface area contributed by atoms with E-state index >= 15 is 0 Å². The minimum atomic E-state index is -0.510. The molecular formula is C18H14Cl2N4O4. The molecule has 8 nitrogen and oxygen atoms in total. The minimum absolute atomic E-state index is 0.0552. The van der Waals surface area contributed by atoms with Crippen LogP contribution in [0.1, 0.15) is 5.56 Å². The first-order valence-electron chi connectivity index (χ1n) is 8.06. The summed E-state index contributed by atoms with van der Waals surface area (Å²) < 4.78 is 6.91. The normalized spacial score (nSPS) is 10.5. The topological polar surface area (TPSA) is 99.3 Å². The van der Waals surface area contributed by atoms with E-state index in [4.69, 9.17) is 27.9 Å². The van der Waals surface area contributed by atoms with Gasteiger partial charge in [-0.2, -0.15) is 5.10 Å². The molecule has 0 saturated heterocycles. The average Bonchev–Trinajstić information content (AvgIpc) is 3.10. The second kappa shape index (κ2) is 8.73. The van der Waals surface area contributed by atoms with Gasteiger partial charge in [-0.15, -0.1) is 0 Å². The number of ether oxygens (including phenoxy) is 1. The summed E-state index contributed by atoms with van der Waals surface area (Å²) >= 11 is 12.2. The van der Waals surface area contributed by atoms with Crippen molar-refractivity contribution in [2.45, 2.75) is 6.54 Å². The number of nitro benzene ring substituents is 1. The second-order valence-electron chi connectivity index (χ2n) is 5.67. The lowest BCUT2D eigenvalue weighted by Crippen LogP contribution is -2.22. The molecule has 0 aliphatic rings. The van der Waals surface area contributed by atoms with Crippen molar-refractivity contribution in [3.63, 3.8) is 0 Å². The quantitative estimate of drug-likeness (QED) is 0.456. The zero-order chi connectivity index (χ0) is 20.1.